The van der Waals surface area contributed by atoms with Crippen molar-refractivity contribution >= 4 is 11.5 Å². The van der Waals surface area contributed by atoms with Crippen LogP contribution in [0, 0.1) is 0 Å². The van der Waals surface area contributed by atoms with Crippen molar-refractivity contribution in [1.82, 2.24) is 19.4 Å². The Morgan fingerprint density at radius 1 is 1.41 bits per heavy atom. The molecule has 17 heavy (non-hydrogen) atoms. The van der Waals surface area contributed by atoms with Gasteiger partial charge in [-0.3, -0.25) is 4.68 Å². The molecule has 7 heteroatoms. The van der Waals surface area contributed by atoms with Crippen LogP contribution >= 0.6 is 11.5 Å². The van der Waals surface area contributed by atoms with E-state index in [0.29, 0.717) is 16.3 Å². The molecule has 2 aromatic heterocycles. The molecule has 1 atom stereocenters. The first-order valence-corrected chi connectivity index (χ1v) is 5.99. The van der Waals surface area contributed by atoms with Gasteiger partial charge in [-0.2, -0.15) is 5.10 Å². The molecule has 0 spiro atoms. The van der Waals surface area contributed by atoms with E-state index in [-0.39, 0.29) is 6.04 Å². The smallest absolute Gasteiger partial charge is 0.163 e. The van der Waals surface area contributed by atoms with Gasteiger partial charge in [0.05, 0.1) is 24.4 Å². The summed E-state index contributed by atoms with van der Waals surface area (Å²) in [6.45, 7) is 3.99. The molecule has 0 saturated carbocycles. The van der Waals surface area contributed by atoms with Crippen LogP contribution in [0.3, 0.4) is 0 Å². The van der Waals surface area contributed by atoms with Gasteiger partial charge in [0.25, 0.3) is 0 Å². The highest BCUT2D eigenvalue weighted by molar-refractivity contribution is 7.05. The molecule has 2 heterocycles. The van der Waals surface area contributed by atoms with E-state index in [0.717, 1.165) is 11.5 Å². The van der Waals surface area contributed by atoms with E-state index in [1.807, 2.05) is 13.8 Å². The van der Waals surface area contributed by atoms with Gasteiger partial charge in [0.15, 0.2) is 5.75 Å². The van der Waals surface area contributed by atoms with Crippen LogP contribution in [0.4, 0.5) is 0 Å². The predicted octanol–water partition coefficient (Wildman–Crippen LogP) is 1.41. The quantitative estimate of drug-likeness (QED) is 0.893. The number of hydrogen-bond acceptors (Lipinski definition) is 6. The van der Waals surface area contributed by atoms with Gasteiger partial charge in [0, 0.05) is 6.04 Å². The molecule has 0 aromatic carbocycles. The van der Waals surface area contributed by atoms with Crippen LogP contribution in [0.25, 0.3) is 0 Å². The topological polar surface area (TPSA) is 73.1 Å². The fraction of sp³-hybridized carbons (Fsp3) is 0.500. The third-order valence-electron chi connectivity index (χ3n) is 2.41. The minimum atomic E-state index is -0.810. The van der Waals surface area contributed by atoms with Crippen LogP contribution in [0.2, 0.25) is 0 Å². The molecule has 0 fully saturated rings. The molecule has 1 unspecified atom stereocenters. The molecule has 0 bridgehead atoms. The molecule has 0 aliphatic carbocycles. The highest BCUT2D eigenvalue weighted by atomic mass is 32.1. The van der Waals surface area contributed by atoms with Gasteiger partial charge in [-0.1, -0.05) is 4.49 Å². The van der Waals surface area contributed by atoms with Gasteiger partial charge in [0.2, 0.25) is 0 Å². The molecule has 0 aliphatic heterocycles. The molecule has 0 saturated heterocycles. The maximum absolute atomic E-state index is 10.3. The van der Waals surface area contributed by atoms with E-state index in [2.05, 4.69) is 14.7 Å². The predicted molar refractivity (Wildman–Crippen MR) is 63.1 cm³/mol. The number of aliphatic hydroxyl groups is 1. The average molecular weight is 254 g/mol. The van der Waals surface area contributed by atoms with Gasteiger partial charge < -0.3 is 9.84 Å². The molecule has 0 amide bonds. The summed E-state index contributed by atoms with van der Waals surface area (Å²) in [4.78, 5) is 0.672. The van der Waals surface area contributed by atoms with Crippen LogP contribution < -0.4 is 4.74 Å². The summed E-state index contributed by atoms with van der Waals surface area (Å²) in [5.74, 6) is 0.569. The number of rotatable bonds is 4. The standard InChI is InChI=1S/C10H14N4O2S/c1-6(2)14-9(7(16-3)4-12-14)10(15)8-5-11-13-17-8/h4-6,10,15H,1-3H3. The summed E-state index contributed by atoms with van der Waals surface area (Å²) in [5, 5.41) is 18.2. The minimum absolute atomic E-state index is 0.143. The van der Waals surface area contributed by atoms with Crippen molar-refractivity contribution in [2.75, 3.05) is 7.11 Å². The van der Waals surface area contributed by atoms with Crippen molar-refractivity contribution in [3.63, 3.8) is 0 Å². The number of aliphatic hydroxyl groups excluding tert-OH is 1. The molecular formula is C10H14N4O2S. The van der Waals surface area contributed by atoms with Gasteiger partial charge in [-0.15, -0.1) is 5.10 Å². The number of nitrogens with zero attached hydrogens (tertiary/aromatic N) is 4. The molecular weight excluding hydrogens is 240 g/mol. The lowest BCUT2D eigenvalue weighted by Crippen LogP contribution is -2.12. The zero-order valence-electron chi connectivity index (χ0n) is 9.86. The molecule has 92 valence electrons. The van der Waals surface area contributed by atoms with E-state index >= 15 is 0 Å². The van der Waals surface area contributed by atoms with Crippen molar-refractivity contribution in [2.24, 2.45) is 0 Å². The maximum Gasteiger partial charge on any atom is 0.163 e. The minimum Gasteiger partial charge on any atom is -0.493 e. The largest absolute Gasteiger partial charge is 0.493 e. The van der Waals surface area contributed by atoms with Crippen LogP contribution in [-0.2, 0) is 0 Å². The van der Waals surface area contributed by atoms with E-state index < -0.39 is 6.10 Å². The monoisotopic (exact) mass is 254 g/mol. The van der Waals surface area contributed by atoms with E-state index in [1.54, 1.807) is 24.2 Å². The van der Waals surface area contributed by atoms with Gasteiger partial charge >= 0.3 is 0 Å². The first-order valence-electron chi connectivity index (χ1n) is 5.21. The molecule has 0 aliphatic rings. The maximum atomic E-state index is 10.3. The van der Waals surface area contributed by atoms with E-state index in [1.165, 1.54) is 0 Å². The van der Waals surface area contributed by atoms with Crippen LogP contribution in [-0.4, -0.2) is 31.6 Å². The van der Waals surface area contributed by atoms with Gasteiger partial charge in [-0.25, -0.2) is 0 Å². The Hall–Kier alpha value is -1.47. The second kappa shape index (κ2) is 4.80. The first-order chi connectivity index (χ1) is 8.15. The fourth-order valence-electron chi connectivity index (χ4n) is 1.61. The highest BCUT2D eigenvalue weighted by Gasteiger charge is 2.24. The normalized spacial score (nSPS) is 13.0. The summed E-state index contributed by atoms with van der Waals surface area (Å²) in [7, 11) is 1.56. The van der Waals surface area contributed by atoms with Crippen LogP contribution in [0.1, 0.15) is 36.6 Å². The Morgan fingerprint density at radius 2 is 2.18 bits per heavy atom. The fourth-order valence-corrected chi connectivity index (χ4v) is 2.11. The highest BCUT2D eigenvalue weighted by Crippen LogP contribution is 2.32. The lowest BCUT2D eigenvalue weighted by Gasteiger charge is -2.15. The summed E-state index contributed by atoms with van der Waals surface area (Å²) in [5.41, 5.74) is 0.633. The average Bonchev–Trinajstić information content (AvgIpc) is 2.96. The summed E-state index contributed by atoms with van der Waals surface area (Å²) in [6, 6.07) is 0.143. The second-order valence-electron chi connectivity index (χ2n) is 3.86. The Balaban J connectivity index is 2.45. The van der Waals surface area contributed by atoms with Crippen molar-refractivity contribution in [2.45, 2.75) is 26.0 Å². The van der Waals surface area contributed by atoms with Crippen molar-refractivity contribution in [3.8, 4) is 5.75 Å². The Labute approximate surface area is 103 Å². The Bertz CT molecular complexity index is 480. The molecule has 2 rings (SSSR count). The van der Waals surface area contributed by atoms with E-state index in [9.17, 15) is 5.11 Å². The summed E-state index contributed by atoms with van der Waals surface area (Å²) in [6.07, 6.45) is 2.34. The molecule has 6 nitrogen and oxygen atoms in total. The third-order valence-corrected chi connectivity index (χ3v) is 3.13. The Morgan fingerprint density at radius 3 is 2.71 bits per heavy atom. The van der Waals surface area contributed by atoms with Crippen LogP contribution in [0.15, 0.2) is 12.4 Å². The number of aromatic nitrogens is 4. The summed E-state index contributed by atoms with van der Waals surface area (Å²) < 4.78 is 10.7. The zero-order valence-corrected chi connectivity index (χ0v) is 10.7. The zero-order chi connectivity index (χ0) is 12.4. The molecule has 2 aromatic rings. The third kappa shape index (κ3) is 2.16. The number of methoxy groups -OCH3 is 1. The Kier molecular flexibility index (Phi) is 3.39. The lowest BCUT2D eigenvalue weighted by molar-refractivity contribution is 0.203. The lowest BCUT2D eigenvalue weighted by atomic mass is 10.2. The van der Waals surface area contributed by atoms with Crippen molar-refractivity contribution in [3.05, 3.63) is 23.0 Å². The van der Waals surface area contributed by atoms with Crippen molar-refractivity contribution < 1.29 is 9.84 Å². The van der Waals surface area contributed by atoms with Crippen LogP contribution in [0.5, 0.6) is 5.75 Å². The van der Waals surface area contributed by atoms with Gasteiger partial charge in [-0.05, 0) is 25.4 Å². The molecule has 0 radical (unpaired) electrons. The first kappa shape index (κ1) is 12.0. The molecule has 1 N–H and O–H groups in total. The van der Waals surface area contributed by atoms with E-state index in [4.69, 9.17) is 4.74 Å². The summed E-state index contributed by atoms with van der Waals surface area (Å²) >= 11 is 1.16. The number of hydrogen-bond donors (Lipinski definition) is 1. The van der Waals surface area contributed by atoms with Crippen molar-refractivity contribution in [1.29, 1.82) is 0 Å². The second-order valence-corrected chi connectivity index (χ2v) is 4.68. The number of ether oxygens (including phenoxy) is 1. The SMILES string of the molecule is COc1cnn(C(C)C)c1C(O)c1cnns1. The van der Waals surface area contributed by atoms with Gasteiger partial charge in [0.1, 0.15) is 11.8 Å².